The largest absolute Gasteiger partial charge is 0.492 e. The van der Waals surface area contributed by atoms with Gasteiger partial charge in [0.15, 0.2) is 4.96 Å². The number of amides is 1. The lowest BCUT2D eigenvalue weighted by Crippen LogP contribution is -2.23. The van der Waals surface area contributed by atoms with Crippen LogP contribution in [0.2, 0.25) is 10.0 Å². The number of fused-ring (bicyclic) bond motifs is 1. The maximum Gasteiger partial charge on any atom is 0.220 e. The number of rotatable bonds is 7. The van der Waals surface area contributed by atoms with Gasteiger partial charge in [0.05, 0.1) is 23.9 Å². The van der Waals surface area contributed by atoms with Crippen molar-refractivity contribution in [3.8, 4) is 5.75 Å². The summed E-state index contributed by atoms with van der Waals surface area (Å²) in [6.07, 6.45) is 4.84. The molecule has 0 aliphatic heterocycles. The van der Waals surface area contributed by atoms with Gasteiger partial charge in [-0.3, -0.25) is 9.20 Å². The van der Waals surface area contributed by atoms with E-state index in [0.29, 0.717) is 41.8 Å². The van der Waals surface area contributed by atoms with Crippen LogP contribution in [-0.2, 0) is 11.3 Å². The molecule has 8 heteroatoms. The summed E-state index contributed by atoms with van der Waals surface area (Å²) in [5, 5.41) is 5.85. The second-order valence-electron chi connectivity index (χ2n) is 5.13. The van der Waals surface area contributed by atoms with E-state index < -0.39 is 0 Å². The van der Waals surface area contributed by atoms with Gasteiger partial charge in [-0.05, 0) is 24.6 Å². The Hall–Kier alpha value is -1.76. The molecular weight excluding hydrogens is 369 g/mol. The molecule has 0 aliphatic carbocycles. The van der Waals surface area contributed by atoms with Crippen LogP contribution in [-0.4, -0.2) is 21.9 Å². The molecule has 0 saturated heterocycles. The molecule has 1 N–H and O–H groups in total. The molecule has 0 unspecified atom stereocenters. The number of carbonyl (C=O) groups is 1. The molecule has 2 heterocycles. The van der Waals surface area contributed by atoms with Crippen molar-refractivity contribution in [3.63, 3.8) is 0 Å². The lowest BCUT2D eigenvalue weighted by Gasteiger charge is -2.08. The Bertz CT molecular complexity index is 818. The molecule has 24 heavy (non-hydrogen) atoms. The molecule has 5 nitrogen and oxygen atoms in total. The van der Waals surface area contributed by atoms with Crippen LogP contribution >= 0.6 is 34.5 Å². The van der Waals surface area contributed by atoms with Gasteiger partial charge in [0.2, 0.25) is 5.91 Å². The number of nitrogens with one attached hydrogen (secondary N) is 1. The molecule has 0 bridgehead atoms. The van der Waals surface area contributed by atoms with E-state index >= 15 is 0 Å². The molecule has 1 amide bonds. The van der Waals surface area contributed by atoms with Crippen molar-refractivity contribution >= 4 is 45.4 Å². The van der Waals surface area contributed by atoms with E-state index in [2.05, 4.69) is 10.3 Å². The first-order valence-electron chi connectivity index (χ1n) is 7.37. The minimum atomic E-state index is -0.0304. The SMILES string of the molecule is O=C(CCCOc1ccc(Cl)cc1Cl)NCc1cn2ccsc2n1. The van der Waals surface area contributed by atoms with Crippen molar-refractivity contribution in [2.75, 3.05) is 6.61 Å². The van der Waals surface area contributed by atoms with Crippen LogP contribution in [0.5, 0.6) is 5.75 Å². The maximum atomic E-state index is 11.9. The Kier molecular flexibility index (Phi) is 5.60. The Labute approximate surface area is 153 Å². The quantitative estimate of drug-likeness (QED) is 0.622. The van der Waals surface area contributed by atoms with Gasteiger partial charge in [-0.1, -0.05) is 23.2 Å². The highest BCUT2D eigenvalue weighted by atomic mass is 35.5. The zero-order valence-corrected chi connectivity index (χ0v) is 15.0. The van der Waals surface area contributed by atoms with Gasteiger partial charge < -0.3 is 10.1 Å². The van der Waals surface area contributed by atoms with E-state index in [1.54, 1.807) is 29.5 Å². The summed E-state index contributed by atoms with van der Waals surface area (Å²) in [6.45, 7) is 0.839. The van der Waals surface area contributed by atoms with Crippen LogP contribution < -0.4 is 10.1 Å². The summed E-state index contributed by atoms with van der Waals surface area (Å²) in [5.41, 5.74) is 0.847. The predicted molar refractivity (Wildman–Crippen MR) is 96.1 cm³/mol. The number of halogens is 2. The van der Waals surface area contributed by atoms with Gasteiger partial charge in [-0.2, -0.15) is 0 Å². The molecule has 3 aromatic rings. The van der Waals surface area contributed by atoms with Crippen molar-refractivity contribution in [3.05, 3.63) is 51.7 Å². The van der Waals surface area contributed by atoms with E-state index in [0.717, 1.165) is 10.7 Å². The molecule has 0 aliphatic rings. The first-order chi connectivity index (χ1) is 11.6. The zero-order valence-electron chi connectivity index (χ0n) is 12.7. The predicted octanol–water partition coefficient (Wildman–Crippen LogP) is 4.18. The van der Waals surface area contributed by atoms with Crippen LogP contribution in [0, 0.1) is 0 Å². The van der Waals surface area contributed by atoms with E-state index in [9.17, 15) is 4.79 Å². The third kappa shape index (κ3) is 4.41. The molecular formula is C16H15Cl2N3O2S. The van der Waals surface area contributed by atoms with Crippen LogP contribution in [0.15, 0.2) is 36.0 Å². The highest BCUT2D eigenvalue weighted by Gasteiger charge is 2.06. The Morgan fingerprint density at radius 2 is 2.25 bits per heavy atom. The minimum absolute atomic E-state index is 0.0304. The number of ether oxygens (including phenoxy) is 1. The Morgan fingerprint density at radius 3 is 3.04 bits per heavy atom. The number of thiazole rings is 1. The highest BCUT2D eigenvalue weighted by molar-refractivity contribution is 7.15. The van der Waals surface area contributed by atoms with E-state index in [4.69, 9.17) is 27.9 Å². The molecule has 0 spiro atoms. The van der Waals surface area contributed by atoms with Crippen LogP contribution in [0.3, 0.4) is 0 Å². The third-order valence-corrected chi connectivity index (χ3v) is 4.61. The maximum absolute atomic E-state index is 11.9. The first kappa shape index (κ1) is 17.1. The summed E-state index contributed by atoms with van der Waals surface area (Å²) < 4.78 is 7.49. The van der Waals surface area contributed by atoms with Crippen LogP contribution in [0.25, 0.3) is 4.96 Å². The second kappa shape index (κ2) is 7.88. The monoisotopic (exact) mass is 383 g/mol. The molecule has 2 aromatic heterocycles. The number of hydrogen-bond acceptors (Lipinski definition) is 4. The normalized spacial score (nSPS) is 10.9. The highest BCUT2D eigenvalue weighted by Crippen LogP contribution is 2.27. The van der Waals surface area contributed by atoms with E-state index in [1.165, 1.54) is 0 Å². The van der Waals surface area contributed by atoms with Crippen molar-refractivity contribution in [1.82, 2.24) is 14.7 Å². The summed E-state index contributed by atoms with van der Waals surface area (Å²) in [6, 6.07) is 5.06. The lowest BCUT2D eigenvalue weighted by atomic mass is 10.3. The van der Waals surface area contributed by atoms with Crippen LogP contribution in [0.4, 0.5) is 0 Å². The molecule has 126 valence electrons. The van der Waals surface area contributed by atoms with Gasteiger partial charge in [0, 0.05) is 29.2 Å². The molecule has 1 aromatic carbocycles. The molecule has 0 radical (unpaired) electrons. The van der Waals surface area contributed by atoms with Crippen molar-refractivity contribution in [2.45, 2.75) is 19.4 Å². The average Bonchev–Trinajstić information content (AvgIpc) is 3.12. The van der Waals surface area contributed by atoms with Gasteiger partial charge in [-0.15, -0.1) is 11.3 Å². The Morgan fingerprint density at radius 1 is 1.38 bits per heavy atom. The number of nitrogens with zero attached hydrogens (tertiary/aromatic N) is 2. The fourth-order valence-electron chi connectivity index (χ4n) is 2.15. The summed E-state index contributed by atoms with van der Waals surface area (Å²) >= 11 is 13.4. The van der Waals surface area contributed by atoms with Crippen LogP contribution in [0.1, 0.15) is 18.5 Å². The van der Waals surface area contributed by atoms with Gasteiger partial charge in [0.1, 0.15) is 5.75 Å². The summed E-state index contributed by atoms with van der Waals surface area (Å²) in [7, 11) is 0. The molecule has 0 atom stereocenters. The van der Waals surface area contributed by atoms with Crippen molar-refractivity contribution < 1.29 is 9.53 Å². The summed E-state index contributed by atoms with van der Waals surface area (Å²) in [4.78, 5) is 17.2. The molecule has 0 fully saturated rings. The van der Waals surface area contributed by atoms with Crippen molar-refractivity contribution in [2.24, 2.45) is 0 Å². The minimum Gasteiger partial charge on any atom is -0.492 e. The number of hydrogen-bond donors (Lipinski definition) is 1. The van der Waals surface area contributed by atoms with Gasteiger partial charge in [0.25, 0.3) is 0 Å². The lowest BCUT2D eigenvalue weighted by molar-refractivity contribution is -0.121. The smallest absolute Gasteiger partial charge is 0.220 e. The van der Waals surface area contributed by atoms with E-state index in [1.807, 2.05) is 22.2 Å². The topological polar surface area (TPSA) is 55.6 Å². The molecule has 0 saturated carbocycles. The van der Waals surface area contributed by atoms with Gasteiger partial charge in [-0.25, -0.2) is 4.98 Å². The zero-order chi connectivity index (χ0) is 16.9. The average molecular weight is 384 g/mol. The first-order valence-corrected chi connectivity index (χ1v) is 9.01. The standard InChI is InChI=1S/C16H15Cl2N3O2S/c17-11-3-4-14(13(18)8-11)23-6-1-2-15(22)19-9-12-10-21-5-7-24-16(21)20-12/h3-5,7-8,10H,1-2,6,9H2,(H,19,22). The third-order valence-electron chi connectivity index (χ3n) is 3.31. The summed E-state index contributed by atoms with van der Waals surface area (Å²) in [5.74, 6) is 0.539. The fraction of sp³-hybridized carbons (Fsp3) is 0.250. The number of benzene rings is 1. The van der Waals surface area contributed by atoms with E-state index in [-0.39, 0.29) is 5.91 Å². The number of imidazole rings is 1. The number of aromatic nitrogens is 2. The second-order valence-corrected chi connectivity index (χ2v) is 6.85. The van der Waals surface area contributed by atoms with Crippen molar-refractivity contribution in [1.29, 1.82) is 0 Å². The fourth-order valence-corrected chi connectivity index (χ4v) is 3.33. The molecule has 3 rings (SSSR count). The number of carbonyl (C=O) groups excluding carboxylic acids is 1. The Balaban J connectivity index is 1.37. The van der Waals surface area contributed by atoms with Gasteiger partial charge >= 0.3 is 0 Å².